The zero-order chi connectivity index (χ0) is 10.3. The van der Waals surface area contributed by atoms with Gasteiger partial charge in [0.05, 0.1) is 6.42 Å². The highest BCUT2D eigenvalue weighted by atomic mass is 16.2. The van der Waals surface area contributed by atoms with Gasteiger partial charge in [-0.1, -0.05) is 13.8 Å². The zero-order valence-corrected chi connectivity index (χ0v) is 8.71. The van der Waals surface area contributed by atoms with Crippen LogP contribution in [0.1, 0.15) is 20.3 Å². The van der Waals surface area contributed by atoms with Crippen molar-refractivity contribution >= 4 is 5.91 Å². The van der Waals surface area contributed by atoms with E-state index >= 15 is 0 Å². The molecule has 4 nitrogen and oxygen atoms in total. The monoisotopic (exact) mass is 195 g/mol. The lowest BCUT2D eigenvalue weighted by atomic mass is 9.96. The number of fused-ring (bicyclic) bond motifs is 1. The molecule has 0 aromatic heterocycles. The second-order valence-corrected chi connectivity index (χ2v) is 4.29. The molecular weight excluding hydrogens is 178 g/mol. The average Bonchev–Trinajstić information content (AvgIpc) is 2.68. The summed E-state index contributed by atoms with van der Waals surface area (Å²) in [5.74, 6) is 1.56. The molecule has 1 fully saturated rings. The predicted octanol–water partition coefficient (Wildman–Crippen LogP) is 0.0168. The van der Waals surface area contributed by atoms with E-state index in [0.717, 1.165) is 24.5 Å². The Hall–Kier alpha value is -1.03. The van der Waals surface area contributed by atoms with Crippen LogP contribution in [0.15, 0.2) is 11.4 Å². The number of rotatable bonds is 2. The lowest BCUT2D eigenvalue weighted by Crippen LogP contribution is -2.30. The summed E-state index contributed by atoms with van der Waals surface area (Å²) in [6.45, 7) is 5.82. The van der Waals surface area contributed by atoms with Crippen LogP contribution in [0.4, 0.5) is 0 Å². The second-order valence-electron chi connectivity index (χ2n) is 4.29. The Morgan fingerprint density at radius 2 is 2.21 bits per heavy atom. The number of nitrogens with two attached hydrogens (primary N) is 1. The largest absolute Gasteiger partial charge is 0.370 e. The highest BCUT2D eigenvalue weighted by Gasteiger charge is 2.36. The van der Waals surface area contributed by atoms with Crippen LogP contribution in [0, 0.1) is 5.92 Å². The summed E-state index contributed by atoms with van der Waals surface area (Å²) in [6.07, 6.45) is 0.502. The first-order valence-corrected chi connectivity index (χ1v) is 5.14. The highest BCUT2D eigenvalue weighted by molar-refractivity contribution is 5.85. The molecule has 1 unspecified atom stereocenters. The molecule has 0 aromatic rings. The fourth-order valence-electron chi connectivity index (χ4n) is 2.05. The Morgan fingerprint density at radius 1 is 1.50 bits per heavy atom. The normalized spacial score (nSPS) is 23.1. The predicted molar refractivity (Wildman–Crippen MR) is 54.2 cm³/mol. The first-order chi connectivity index (χ1) is 6.61. The lowest BCUT2D eigenvalue weighted by Gasteiger charge is -2.17. The van der Waals surface area contributed by atoms with Gasteiger partial charge in [-0.3, -0.25) is 9.69 Å². The molecule has 0 saturated carbocycles. The first kappa shape index (κ1) is 9.52. The maximum absolute atomic E-state index is 11.6. The van der Waals surface area contributed by atoms with Gasteiger partial charge in [-0.25, -0.2) is 0 Å². The topological polar surface area (TPSA) is 58.4 Å². The Balaban J connectivity index is 2.26. The summed E-state index contributed by atoms with van der Waals surface area (Å²) < 4.78 is 0. The molecule has 0 aromatic carbocycles. The van der Waals surface area contributed by atoms with Crippen molar-refractivity contribution in [1.29, 1.82) is 0 Å². The van der Waals surface area contributed by atoms with Crippen molar-refractivity contribution in [1.82, 2.24) is 10.2 Å². The Labute approximate surface area is 84.1 Å². The maximum atomic E-state index is 11.6. The standard InChI is InChI=1S/C10H17N3O/c1-6(2)9(11)7-5-8(14)13-4-3-12-10(7)13/h6,9,12H,3-5,11H2,1-2H3. The molecule has 14 heavy (non-hydrogen) atoms. The highest BCUT2D eigenvalue weighted by Crippen LogP contribution is 2.28. The molecule has 1 amide bonds. The van der Waals surface area contributed by atoms with E-state index in [1.165, 1.54) is 0 Å². The number of amides is 1. The van der Waals surface area contributed by atoms with Crippen molar-refractivity contribution < 1.29 is 4.79 Å². The van der Waals surface area contributed by atoms with Crippen LogP contribution in [0.25, 0.3) is 0 Å². The van der Waals surface area contributed by atoms with E-state index in [4.69, 9.17) is 5.73 Å². The molecule has 2 rings (SSSR count). The number of nitrogens with one attached hydrogen (secondary N) is 1. The number of hydrogen-bond donors (Lipinski definition) is 2. The van der Waals surface area contributed by atoms with E-state index in [1.807, 2.05) is 4.90 Å². The van der Waals surface area contributed by atoms with Crippen LogP contribution < -0.4 is 11.1 Å². The van der Waals surface area contributed by atoms with E-state index in [1.54, 1.807) is 0 Å². The SMILES string of the molecule is CC(C)C(N)C1=C2NCCN2C(=O)C1. The minimum absolute atomic E-state index is 0.00421. The third-order valence-electron chi connectivity index (χ3n) is 2.97. The van der Waals surface area contributed by atoms with Gasteiger partial charge in [0.25, 0.3) is 0 Å². The molecule has 0 bridgehead atoms. The van der Waals surface area contributed by atoms with Crippen molar-refractivity contribution in [3.8, 4) is 0 Å². The second kappa shape index (κ2) is 3.28. The van der Waals surface area contributed by atoms with Gasteiger partial charge < -0.3 is 11.1 Å². The molecule has 2 aliphatic heterocycles. The Bertz CT molecular complexity index is 296. The molecule has 0 spiro atoms. The van der Waals surface area contributed by atoms with Gasteiger partial charge in [0.2, 0.25) is 5.91 Å². The molecule has 0 aliphatic carbocycles. The van der Waals surface area contributed by atoms with Crippen LogP contribution in [0.2, 0.25) is 0 Å². The fraction of sp³-hybridized carbons (Fsp3) is 0.700. The van der Waals surface area contributed by atoms with Crippen LogP contribution >= 0.6 is 0 Å². The molecule has 3 N–H and O–H groups in total. The van der Waals surface area contributed by atoms with E-state index in [-0.39, 0.29) is 11.9 Å². The van der Waals surface area contributed by atoms with Gasteiger partial charge in [-0.05, 0) is 11.5 Å². The van der Waals surface area contributed by atoms with Gasteiger partial charge in [0.1, 0.15) is 5.82 Å². The smallest absolute Gasteiger partial charge is 0.232 e. The lowest BCUT2D eigenvalue weighted by molar-refractivity contribution is -0.126. The van der Waals surface area contributed by atoms with E-state index in [9.17, 15) is 4.79 Å². The molecule has 1 saturated heterocycles. The van der Waals surface area contributed by atoms with E-state index in [0.29, 0.717) is 12.3 Å². The molecular formula is C10H17N3O. The Kier molecular flexibility index (Phi) is 2.23. The summed E-state index contributed by atoms with van der Waals surface area (Å²) in [5, 5.41) is 3.24. The van der Waals surface area contributed by atoms with Crippen LogP contribution in [0.5, 0.6) is 0 Å². The van der Waals surface area contributed by atoms with Gasteiger partial charge in [-0.15, -0.1) is 0 Å². The first-order valence-electron chi connectivity index (χ1n) is 5.14. The molecule has 4 heteroatoms. The third-order valence-corrected chi connectivity index (χ3v) is 2.97. The summed E-state index contributed by atoms with van der Waals surface area (Å²) in [7, 11) is 0. The average molecular weight is 195 g/mol. The van der Waals surface area contributed by atoms with Crippen molar-refractivity contribution in [2.45, 2.75) is 26.3 Å². The molecule has 2 heterocycles. The van der Waals surface area contributed by atoms with Crippen molar-refractivity contribution in [2.24, 2.45) is 11.7 Å². The molecule has 1 atom stereocenters. The van der Waals surface area contributed by atoms with E-state index < -0.39 is 0 Å². The summed E-state index contributed by atoms with van der Waals surface area (Å²) in [6, 6.07) is 0.00421. The van der Waals surface area contributed by atoms with Gasteiger partial charge in [-0.2, -0.15) is 0 Å². The summed E-state index contributed by atoms with van der Waals surface area (Å²) in [4.78, 5) is 13.4. The van der Waals surface area contributed by atoms with E-state index in [2.05, 4.69) is 19.2 Å². The van der Waals surface area contributed by atoms with Crippen LogP contribution in [-0.4, -0.2) is 29.9 Å². The van der Waals surface area contributed by atoms with Crippen molar-refractivity contribution in [3.63, 3.8) is 0 Å². The summed E-state index contributed by atoms with van der Waals surface area (Å²) in [5.41, 5.74) is 7.15. The maximum Gasteiger partial charge on any atom is 0.232 e. The summed E-state index contributed by atoms with van der Waals surface area (Å²) >= 11 is 0. The third kappa shape index (κ3) is 1.30. The quantitative estimate of drug-likeness (QED) is 0.653. The van der Waals surface area contributed by atoms with Gasteiger partial charge >= 0.3 is 0 Å². The van der Waals surface area contributed by atoms with Gasteiger partial charge in [0.15, 0.2) is 0 Å². The fourth-order valence-corrected chi connectivity index (χ4v) is 2.05. The molecule has 0 radical (unpaired) electrons. The Morgan fingerprint density at radius 3 is 2.86 bits per heavy atom. The van der Waals surface area contributed by atoms with Crippen LogP contribution in [-0.2, 0) is 4.79 Å². The molecule has 78 valence electrons. The van der Waals surface area contributed by atoms with Crippen molar-refractivity contribution in [2.75, 3.05) is 13.1 Å². The number of hydrogen-bond acceptors (Lipinski definition) is 3. The van der Waals surface area contributed by atoms with Crippen LogP contribution in [0.3, 0.4) is 0 Å². The van der Waals surface area contributed by atoms with Gasteiger partial charge in [0, 0.05) is 19.1 Å². The zero-order valence-electron chi connectivity index (χ0n) is 8.71. The number of carbonyl (C=O) groups excluding carboxylic acids is 1. The molecule has 2 aliphatic rings. The minimum Gasteiger partial charge on any atom is -0.370 e. The number of nitrogens with zero attached hydrogens (tertiary/aromatic N) is 1. The number of carbonyl (C=O) groups is 1. The van der Waals surface area contributed by atoms with Crippen molar-refractivity contribution in [3.05, 3.63) is 11.4 Å². The minimum atomic E-state index is 0.00421.